The summed E-state index contributed by atoms with van der Waals surface area (Å²) in [6, 6.07) is 17.0. The lowest BCUT2D eigenvalue weighted by atomic mass is 9.78. The molecule has 1 aliphatic rings. The largest absolute Gasteiger partial charge is 0.483 e. The van der Waals surface area contributed by atoms with E-state index in [0.717, 1.165) is 11.3 Å². The summed E-state index contributed by atoms with van der Waals surface area (Å²) >= 11 is 0. The van der Waals surface area contributed by atoms with E-state index in [4.69, 9.17) is 9.47 Å². The Kier molecular flexibility index (Phi) is 4.94. The molecular weight excluding hydrogens is 328 g/mol. The molecule has 2 aromatic carbocycles. The third-order valence-electron chi connectivity index (χ3n) is 4.59. The highest BCUT2D eigenvalue weighted by molar-refractivity contribution is 6.00. The van der Waals surface area contributed by atoms with E-state index >= 15 is 0 Å². The van der Waals surface area contributed by atoms with Crippen LogP contribution in [0.3, 0.4) is 0 Å². The minimum Gasteiger partial charge on any atom is -0.483 e. The summed E-state index contributed by atoms with van der Waals surface area (Å²) in [6.07, 6.45) is 1.72. The molecule has 0 amide bonds. The Morgan fingerprint density at radius 2 is 1.81 bits per heavy atom. The highest BCUT2D eigenvalue weighted by Gasteiger charge is 2.47. The van der Waals surface area contributed by atoms with Gasteiger partial charge in [-0.15, -0.1) is 0 Å². The molecule has 0 saturated carbocycles. The van der Waals surface area contributed by atoms with E-state index in [1.165, 1.54) is 13.0 Å². The number of rotatable bonds is 6. The van der Waals surface area contributed by atoms with E-state index in [0.29, 0.717) is 11.5 Å². The number of benzene rings is 2. The molecule has 0 aliphatic carbocycles. The molecule has 0 saturated heterocycles. The van der Waals surface area contributed by atoms with Gasteiger partial charge in [0.15, 0.2) is 5.60 Å². The molecule has 134 valence electrons. The summed E-state index contributed by atoms with van der Waals surface area (Å²) in [5, 5.41) is 0. The van der Waals surface area contributed by atoms with Crippen LogP contribution in [0.2, 0.25) is 0 Å². The van der Waals surface area contributed by atoms with E-state index in [-0.39, 0.29) is 23.9 Å². The first-order valence-corrected chi connectivity index (χ1v) is 8.62. The minimum absolute atomic E-state index is 0.00607. The minimum atomic E-state index is -1.08. The molecule has 1 aliphatic heterocycles. The lowest BCUT2D eigenvalue weighted by Gasteiger charge is -2.32. The number of ketones is 2. The summed E-state index contributed by atoms with van der Waals surface area (Å²) in [5.41, 5.74) is -0.242. The summed E-state index contributed by atoms with van der Waals surface area (Å²) in [6.45, 7) is 5.03. The predicted octanol–water partition coefficient (Wildman–Crippen LogP) is 4.80. The van der Waals surface area contributed by atoms with Crippen molar-refractivity contribution in [1.29, 1.82) is 0 Å². The van der Waals surface area contributed by atoms with Crippen LogP contribution in [-0.4, -0.2) is 17.2 Å². The van der Waals surface area contributed by atoms with Crippen LogP contribution in [0.15, 0.2) is 66.4 Å². The lowest BCUT2D eigenvalue weighted by Crippen LogP contribution is -2.40. The van der Waals surface area contributed by atoms with Crippen LogP contribution in [0.4, 0.5) is 0 Å². The van der Waals surface area contributed by atoms with Gasteiger partial charge in [0.1, 0.15) is 17.3 Å². The highest BCUT2D eigenvalue weighted by atomic mass is 16.5. The third kappa shape index (κ3) is 3.69. The maximum absolute atomic E-state index is 12.5. The van der Waals surface area contributed by atoms with Crippen LogP contribution in [0, 0.1) is 0 Å². The van der Waals surface area contributed by atoms with Crippen LogP contribution in [0.1, 0.15) is 38.7 Å². The molecule has 0 unspecified atom stereocenters. The number of ether oxygens (including phenoxy) is 2. The van der Waals surface area contributed by atoms with Crippen LogP contribution in [0.25, 0.3) is 0 Å². The zero-order valence-corrected chi connectivity index (χ0v) is 15.2. The zero-order chi connectivity index (χ0) is 18.7. The van der Waals surface area contributed by atoms with Crippen molar-refractivity contribution < 1.29 is 19.1 Å². The van der Waals surface area contributed by atoms with Gasteiger partial charge in [0.25, 0.3) is 0 Å². The lowest BCUT2D eigenvalue weighted by molar-refractivity contribution is -0.132. The molecule has 2 aromatic rings. The maximum atomic E-state index is 12.5. The summed E-state index contributed by atoms with van der Waals surface area (Å²) in [7, 11) is 0. The number of carbonyl (C=O) groups is 2. The van der Waals surface area contributed by atoms with Crippen molar-refractivity contribution in [3.63, 3.8) is 0 Å². The zero-order valence-electron chi connectivity index (χ0n) is 15.2. The van der Waals surface area contributed by atoms with Crippen LogP contribution < -0.4 is 4.74 Å². The van der Waals surface area contributed by atoms with Gasteiger partial charge >= 0.3 is 0 Å². The molecule has 0 spiro atoms. The average molecular weight is 350 g/mol. The second kappa shape index (κ2) is 7.16. The van der Waals surface area contributed by atoms with Gasteiger partial charge in [-0.25, -0.2) is 0 Å². The van der Waals surface area contributed by atoms with E-state index in [1.54, 1.807) is 13.8 Å². The van der Waals surface area contributed by atoms with Gasteiger partial charge in [0, 0.05) is 18.4 Å². The third-order valence-corrected chi connectivity index (χ3v) is 4.59. The van der Waals surface area contributed by atoms with Crippen molar-refractivity contribution in [1.82, 2.24) is 0 Å². The summed E-state index contributed by atoms with van der Waals surface area (Å²) in [5.74, 6) is 1.45. The van der Waals surface area contributed by atoms with Gasteiger partial charge < -0.3 is 14.3 Å². The van der Waals surface area contributed by atoms with Crippen molar-refractivity contribution in [3.05, 3.63) is 72.0 Å². The Balaban J connectivity index is 1.94. The van der Waals surface area contributed by atoms with Crippen molar-refractivity contribution in [2.45, 2.75) is 38.7 Å². The Labute approximate surface area is 153 Å². The Bertz CT molecular complexity index is 853. The van der Waals surface area contributed by atoms with Crippen LogP contribution in [0.5, 0.6) is 11.5 Å². The van der Waals surface area contributed by atoms with Gasteiger partial charge in [-0.3, -0.25) is 4.79 Å². The molecule has 4 nitrogen and oxygen atoms in total. The van der Waals surface area contributed by atoms with Gasteiger partial charge in [-0.05, 0) is 50.6 Å². The maximum Gasteiger partial charge on any atom is 0.202 e. The van der Waals surface area contributed by atoms with Gasteiger partial charge in [-0.1, -0.05) is 30.3 Å². The van der Waals surface area contributed by atoms with Gasteiger partial charge in [-0.2, -0.15) is 0 Å². The first-order chi connectivity index (χ1) is 12.4. The standard InChI is InChI=1S/C22H22O4/c1-15(23)12-20(22(3)21(24)13-16(2)26-22)17-8-7-11-19(14-17)25-18-9-5-4-6-10-18/h4-11,13-14,20H,12H2,1-3H3/t20-,22-/m1/s1. The Hall–Kier alpha value is -2.88. The number of allylic oxidation sites excluding steroid dienone is 1. The molecule has 0 fully saturated rings. The SMILES string of the molecule is CC(=O)C[C@H](c1cccc(Oc2ccccc2)c1)[C@@]1(C)OC(C)=CC1=O. The van der Waals surface area contributed by atoms with Gasteiger partial charge in [0.05, 0.1) is 5.76 Å². The summed E-state index contributed by atoms with van der Waals surface area (Å²) in [4.78, 5) is 24.4. The average Bonchev–Trinajstić information content (AvgIpc) is 2.86. The van der Waals surface area contributed by atoms with E-state index < -0.39 is 5.60 Å². The van der Waals surface area contributed by atoms with E-state index in [9.17, 15) is 9.59 Å². The Morgan fingerprint density at radius 1 is 1.12 bits per heavy atom. The van der Waals surface area contributed by atoms with Crippen LogP contribution in [-0.2, 0) is 14.3 Å². The second-order valence-electron chi connectivity index (χ2n) is 6.77. The fourth-order valence-electron chi connectivity index (χ4n) is 3.32. The molecule has 2 atom stereocenters. The summed E-state index contributed by atoms with van der Waals surface area (Å²) < 4.78 is 11.7. The first-order valence-electron chi connectivity index (χ1n) is 8.62. The molecule has 0 radical (unpaired) electrons. The first kappa shape index (κ1) is 17.9. The van der Waals surface area contributed by atoms with Crippen molar-refractivity contribution in [2.24, 2.45) is 0 Å². The van der Waals surface area contributed by atoms with Crippen molar-refractivity contribution in [2.75, 3.05) is 0 Å². The fourth-order valence-corrected chi connectivity index (χ4v) is 3.32. The number of carbonyl (C=O) groups excluding carboxylic acids is 2. The number of Topliss-reactive ketones (excluding diaryl/α,β-unsaturated/α-hetero) is 1. The molecule has 4 heteroatoms. The molecule has 0 bridgehead atoms. The fraction of sp³-hybridized carbons (Fsp3) is 0.273. The van der Waals surface area contributed by atoms with E-state index in [2.05, 4.69) is 0 Å². The van der Waals surface area contributed by atoms with E-state index in [1.807, 2.05) is 54.6 Å². The highest BCUT2D eigenvalue weighted by Crippen LogP contribution is 2.41. The predicted molar refractivity (Wildman–Crippen MR) is 99.3 cm³/mol. The molecule has 3 rings (SSSR count). The molecule has 1 heterocycles. The second-order valence-corrected chi connectivity index (χ2v) is 6.77. The van der Waals surface area contributed by atoms with Crippen LogP contribution >= 0.6 is 0 Å². The molecule has 0 aromatic heterocycles. The van der Waals surface area contributed by atoms with Crippen molar-refractivity contribution in [3.8, 4) is 11.5 Å². The van der Waals surface area contributed by atoms with Crippen molar-refractivity contribution >= 4 is 11.6 Å². The smallest absolute Gasteiger partial charge is 0.202 e. The number of para-hydroxylation sites is 1. The number of hydrogen-bond acceptors (Lipinski definition) is 4. The topological polar surface area (TPSA) is 52.6 Å². The monoisotopic (exact) mass is 350 g/mol. The molecular formula is C22H22O4. The molecule has 0 N–H and O–H groups in total. The number of hydrogen-bond donors (Lipinski definition) is 0. The Morgan fingerprint density at radius 3 is 2.42 bits per heavy atom. The van der Waals surface area contributed by atoms with Gasteiger partial charge in [0.2, 0.25) is 5.78 Å². The molecule has 26 heavy (non-hydrogen) atoms. The normalized spacial score (nSPS) is 20.3. The quantitative estimate of drug-likeness (QED) is 0.751.